The van der Waals surface area contributed by atoms with Gasteiger partial charge in [-0.1, -0.05) is 6.92 Å². The number of ether oxygens (including phenoxy) is 1. The number of rotatable bonds is 3. The van der Waals surface area contributed by atoms with Crippen LogP contribution in [-0.4, -0.2) is 12.7 Å². The molecule has 0 rings (SSSR count). The van der Waals surface area contributed by atoms with Gasteiger partial charge >= 0.3 is 0 Å². The molecule has 0 heterocycles. The third kappa shape index (κ3) is 3.80. The van der Waals surface area contributed by atoms with E-state index in [-0.39, 0.29) is 0 Å². The van der Waals surface area contributed by atoms with E-state index >= 15 is 0 Å². The van der Waals surface area contributed by atoms with Gasteiger partial charge in [-0.05, 0) is 20.3 Å². The van der Waals surface area contributed by atoms with Gasteiger partial charge in [0.2, 0.25) is 0 Å². The molecular formula is C6H13O. The van der Waals surface area contributed by atoms with Crippen molar-refractivity contribution in [2.45, 2.75) is 26.4 Å². The Kier molecular flexibility index (Phi) is 4.10. The van der Waals surface area contributed by atoms with Crippen molar-refractivity contribution in [2.24, 2.45) is 0 Å². The van der Waals surface area contributed by atoms with E-state index in [2.05, 4.69) is 6.92 Å². The zero-order chi connectivity index (χ0) is 5.70. The van der Waals surface area contributed by atoms with Crippen molar-refractivity contribution in [3.63, 3.8) is 0 Å². The molecule has 1 nitrogen and oxygen atoms in total. The van der Waals surface area contributed by atoms with Gasteiger partial charge in [0, 0.05) is 6.61 Å². The van der Waals surface area contributed by atoms with Crippen molar-refractivity contribution in [3.05, 3.63) is 6.92 Å². The van der Waals surface area contributed by atoms with Crippen LogP contribution in [-0.2, 0) is 4.74 Å². The highest BCUT2D eigenvalue weighted by Gasteiger charge is 1.91. The van der Waals surface area contributed by atoms with Gasteiger partial charge in [-0.3, -0.25) is 0 Å². The molecule has 0 fully saturated rings. The topological polar surface area (TPSA) is 9.23 Å². The molecule has 0 spiro atoms. The second-order valence-electron chi connectivity index (χ2n) is 1.55. The molecule has 43 valence electrons. The largest absolute Gasteiger partial charge is 0.379 e. The first-order valence-electron chi connectivity index (χ1n) is 2.72. The van der Waals surface area contributed by atoms with Gasteiger partial charge in [0.15, 0.2) is 0 Å². The van der Waals surface area contributed by atoms with Crippen molar-refractivity contribution < 1.29 is 4.74 Å². The van der Waals surface area contributed by atoms with Crippen molar-refractivity contribution in [1.29, 1.82) is 0 Å². The minimum absolute atomic E-state index is 0.338. The Morgan fingerprint density at radius 1 is 1.71 bits per heavy atom. The minimum Gasteiger partial charge on any atom is -0.379 e. The molecule has 0 saturated carbocycles. The van der Waals surface area contributed by atoms with Gasteiger partial charge in [0.25, 0.3) is 0 Å². The summed E-state index contributed by atoms with van der Waals surface area (Å²) in [5.74, 6) is 0. The Morgan fingerprint density at radius 3 is 2.43 bits per heavy atom. The van der Waals surface area contributed by atoms with Crippen molar-refractivity contribution >= 4 is 0 Å². The molecule has 1 radical (unpaired) electrons. The molecule has 0 amide bonds. The van der Waals surface area contributed by atoms with Crippen LogP contribution >= 0.6 is 0 Å². The molecule has 0 aliphatic carbocycles. The van der Waals surface area contributed by atoms with E-state index in [9.17, 15) is 0 Å². The summed E-state index contributed by atoms with van der Waals surface area (Å²) in [5, 5.41) is 0. The summed E-state index contributed by atoms with van der Waals surface area (Å²) in [7, 11) is 0. The highest BCUT2D eigenvalue weighted by Crippen LogP contribution is 1.92. The molecule has 0 aliphatic heterocycles. The predicted octanol–water partition coefficient (Wildman–Crippen LogP) is 1.64. The van der Waals surface area contributed by atoms with E-state index in [4.69, 9.17) is 4.74 Å². The van der Waals surface area contributed by atoms with Crippen LogP contribution < -0.4 is 0 Å². The predicted molar refractivity (Wildman–Crippen MR) is 31.1 cm³/mol. The van der Waals surface area contributed by atoms with Crippen LogP contribution in [0.2, 0.25) is 0 Å². The normalized spacial score (nSPS) is 14.1. The molecule has 1 heteroatoms. The van der Waals surface area contributed by atoms with Crippen LogP contribution in [0.5, 0.6) is 0 Å². The monoisotopic (exact) mass is 101 g/mol. The van der Waals surface area contributed by atoms with Crippen LogP contribution in [0.25, 0.3) is 0 Å². The van der Waals surface area contributed by atoms with E-state index < -0.39 is 0 Å². The van der Waals surface area contributed by atoms with Crippen LogP contribution in [0.1, 0.15) is 20.3 Å². The van der Waals surface area contributed by atoms with E-state index in [1.54, 1.807) is 0 Å². The molecule has 0 N–H and O–H groups in total. The zero-order valence-corrected chi connectivity index (χ0v) is 5.11. The van der Waals surface area contributed by atoms with Crippen LogP contribution in [0.15, 0.2) is 0 Å². The molecule has 7 heavy (non-hydrogen) atoms. The minimum atomic E-state index is 0.338. The Labute approximate surface area is 45.7 Å². The van der Waals surface area contributed by atoms with Gasteiger partial charge in [0.1, 0.15) is 0 Å². The highest BCUT2D eigenvalue weighted by atomic mass is 16.5. The van der Waals surface area contributed by atoms with E-state index in [1.807, 2.05) is 13.8 Å². The fourth-order valence-corrected chi connectivity index (χ4v) is 0.368. The van der Waals surface area contributed by atoms with Gasteiger partial charge in [-0.25, -0.2) is 0 Å². The Morgan fingerprint density at radius 2 is 2.29 bits per heavy atom. The lowest BCUT2D eigenvalue weighted by Gasteiger charge is -2.05. The maximum atomic E-state index is 5.13. The van der Waals surface area contributed by atoms with E-state index in [0.717, 1.165) is 13.0 Å². The average molecular weight is 101 g/mol. The van der Waals surface area contributed by atoms with E-state index in [0.29, 0.717) is 6.10 Å². The summed E-state index contributed by atoms with van der Waals surface area (Å²) >= 11 is 0. The van der Waals surface area contributed by atoms with Gasteiger partial charge < -0.3 is 4.74 Å². The summed E-state index contributed by atoms with van der Waals surface area (Å²) in [6.45, 7) is 8.50. The third-order valence-electron chi connectivity index (χ3n) is 0.858. The fourth-order valence-electron chi connectivity index (χ4n) is 0.368. The molecule has 0 saturated heterocycles. The van der Waals surface area contributed by atoms with Crippen molar-refractivity contribution in [2.75, 3.05) is 6.61 Å². The molecular weight excluding hydrogens is 88.1 g/mol. The first-order chi connectivity index (χ1) is 3.31. The molecule has 1 atom stereocenters. The Balaban J connectivity index is 2.83. The molecule has 0 aromatic rings. The van der Waals surface area contributed by atoms with Crippen LogP contribution in [0.3, 0.4) is 0 Å². The van der Waals surface area contributed by atoms with Crippen molar-refractivity contribution in [1.82, 2.24) is 0 Å². The van der Waals surface area contributed by atoms with Crippen LogP contribution in [0.4, 0.5) is 0 Å². The van der Waals surface area contributed by atoms with Gasteiger partial charge in [0.05, 0.1) is 6.10 Å². The number of hydrogen-bond acceptors (Lipinski definition) is 1. The Hall–Kier alpha value is -0.0400. The summed E-state index contributed by atoms with van der Waals surface area (Å²) in [4.78, 5) is 0. The second kappa shape index (κ2) is 4.13. The van der Waals surface area contributed by atoms with Gasteiger partial charge in [-0.15, -0.1) is 0 Å². The standard InChI is InChI=1S/C6H13O/c1-4-6(3)7-5-2/h6H,1,4-5H2,2-3H3. The SMILES string of the molecule is [CH2]CC(C)OCC. The lowest BCUT2D eigenvalue weighted by atomic mass is 10.3. The maximum Gasteiger partial charge on any atom is 0.0546 e. The molecule has 0 bridgehead atoms. The van der Waals surface area contributed by atoms with E-state index in [1.165, 1.54) is 0 Å². The maximum absolute atomic E-state index is 5.13. The molecule has 0 aliphatic rings. The molecule has 0 aromatic heterocycles. The first-order valence-corrected chi connectivity index (χ1v) is 2.72. The summed E-state index contributed by atoms with van der Waals surface area (Å²) in [6, 6.07) is 0. The first kappa shape index (κ1) is 6.96. The highest BCUT2D eigenvalue weighted by molar-refractivity contribution is 4.48. The lowest BCUT2D eigenvalue weighted by Crippen LogP contribution is -2.04. The van der Waals surface area contributed by atoms with Crippen LogP contribution in [0, 0.1) is 6.92 Å². The molecule has 0 aromatic carbocycles. The average Bonchev–Trinajstić information content (AvgIpc) is 1.68. The van der Waals surface area contributed by atoms with Gasteiger partial charge in [-0.2, -0.15) is 0 Å². The quantitative estimate of drug-likeness (QED) is 0.525. The fraction of sp³-hybridized carbons (Fsp3) is 0.833. The second-order valence-corrected chi connectivity index (χ2v) is 1.55. The summed E-state index contributed by atoms with van der Waals surface area (Å²) in [6.07, 6.45) is 1.21. The third-order valence-corrected chi connectivity index (χ3v) is 0.858. The smallest absolute Gasteiger partial charge is 0.0546 e. The zero-order valence-electron chi connectivity index (χ0n) is 5.11. The molecule has 1 unspecified atom stereocenters. The summed E-state index contributed by atoms with van der Waals surface area (Å²) in [5.41, 5.74) is 0. The summed E-state index contributed by atoms with van der Waals surface area (Å²) < 4.78 is 5.13. The Bertz CT molecular complexity index is 35.2. The number of hydrogen-bond donors (Lipinski definition) is 0. The van der Waals surface area contributed by atoms with Crippen molar-refractivity contribution in [3.8, 4) is 0 Å². The lowest BCUT2D eigenvalue weighted by molar-refractivity contribution is 0.0782.